The van der Waals surface area contributed by atoms with Gasteiger partial charge in [0, 0.05) is 25.0 Å². The van der Waals surface area contributed by atoms with Gasteiger partial charge in [0.25, 0.3) is 0 Å². The highest BCUT2D eigenvalue weighted by Gasteiger charge is 2.56. The van der Waals surface area contributed by atoms with Crippen molar-refractivity contribution in [3.05, 3.63) is 36.6 Å². The average Bonchev–Trinajstić information content (AvgIpc) is 3.12. The topological polar surface area (TPSA) is 291 Å². The van der Waals surface area contributed by atoms with E-state index in [4.69, 9.17) is 29.8 Å². The van der Waals surface area contributed by atoms with Gasteiger partial charge in [-0.25, -0.2) is 4.79 Å². The fourth-order valence-electron chi connectivity index (χ4n) is 7.25. The Morgan fingerprint density at radius 3 is 2.46 bits per heavy atom. The first-order valence-electron chi connectivity index (χ1n) is 17.8. The summed E-state index contributed by atoms with van der Waals surface area (Å²) >= 11 is 0. The average molecular weight is 743 g/mol. The molecule has 11 N–H and O–H groups in total. The number of piperidine rings is 1. The molecule has 11 atom stereocenters. The van der Waals surface area contributed by atoms with Crippen LogP contribution in [0.4, 0.5) is 0 Å². The molecule has 0 aromatic rings. The first-order valence-corrected chi connectivity index (χ1v) is 17.8. The van der Waals surface area contributed by atoms with E-state index >= 15 is 0 Å². The standard InChI is InChI=1S/C34H54N4O14/c1-2-21-22(10-9-19-15-38(12-14-40)16-23(29(44)45)26(19)37-33(35)36-11-6-13-39)24(30(46)50-20-7-4-3-5-8-20)18-49-31(21)52-32-28(43)34(47,48)27(42)25(17-41)51-32/h2,9-10,18-23,25-28,31-32,39-43,47-48H,1,3-8,11-17H2,(H,44,45)(H3,35,36,37)/t19?,21-,22-,23?,25+,26?,27+,28-,31-,32+/m0/s1. The highest BCUT2D eigenvalue weighted by atomic mass is 16.8. The summed E-state index contributed by atoms with van der Waals surface area (Å²) in [6, 6.07) is -0.827. The van der Waals surface area contributed by atoms with E-state index in [9.17, 15) is 45.3 Å². The maximum Gasteiger partial charge on any atom is 0.338 e. The minimum atomic E-state index is -3.12. The number of nitrogens with zero attached hydrogens (tertiary/aromatic N) is 1. The molecule has 3 heterocycles. The number of nitrogens with two attached hydrogens (primary N) is 1. The number of likely N-dealkylation sites (tertiary alicyclic amines) is 1. The third-order valence-electron chi connectivity index (χ3n) is 10.2. The lowest BCUT2D eigenvalue weighted by atomic mass is 9.79. The number of ether oxygens (including phenoxy) is 4. The zero-order chi connectivity index (χ0) is 38.0. The number of aliphatic hydroxyl groups excluding tert-OH is 5. The molecule has 4 rings (SSSR count). The van der Waals surface area contributed by atoms with Crippen LogP contribution in [0.15, 0.2) is 41.6 Å². The van der Waals surface area contributed by atoms with Gasteiger partial charge in [-0.1, -0.05) is 24.6 Å². The lowest BCUT2D eigenvalue weighted by molar-refractivity contribution is -0.911. The fourth-order valence-corrected chi connectivity index (χ4v) is 7.25. The van der Waals surface area contributed by atoms with E-state index in [1.807, 2.05) is 0 Å². The Hall–Kier alpha value is -3.17. The summed E-state index contributed by atoms with van der Waals surface area (Å²) in [7, 11) is 0. The molecule has 0 aromatic carbocycles. The number of aliphatic hydroxyl groups is 7. The van der Waals surface area contributed by atoms with Crippen molar-refractivity contribution >= 4 is 17.9 Å². The first-order chi connectivity index (χ1) is 24.9. The monoisotopic (exact) mass is 742 g/mol. The summed E-state index contributed by atoms with van der Waals surface area (Å²) in [6.07, 6.45) is 1.18. The van der Waals surface area contributed by atoms with Gasteiger partial charge < -0.3 is 80.5 Å². The molecule has 1 aliphatic carbocycles. The van der Waals surface area contributed by atoms with Crippen LogP contribution in [0, 0.1) is 23.7 Å². The molecule has 1 saturated carbocycles. The summed E-state index contributed by atoms with van der Waals surface area (Å²) < 4.78 is 23.0. The summed E-state index contributed by atoms with van der Waals surface area (Å²) in [6.45, 7) is 3.68. The molecule has 4 aliphatic rings. The first kappa shape index (κ1) is 41.6. The molecule has 18 nitrogen and oxygen atoms in total. The van der Waals surface area contributed by atoms with Crippen LogP contribution in [0.25, 0.3) is 0 Å². The number of allylic oxidation sites excluding steroid dienone is 1. The number of carbonyl (C=O) groups is 2. The minimum absolute atomic E-state index is 0.0324. The fraction of sp³-hybridized carbons (Fsp3) is 0.735. The normalized spacial score (nSPS) is 35.7. The lowest BCUT2D eigenvalue weighted by Gasteiger charge is -2.46. The van der Waals surface area contributed by atoms with Crippen LogP contribution in [0.5, 0.6) is 0 Å². The third kappa shape index (κ3) is 10.1. The number of rotatable bonds is 15. The van der Waals surface area contributed by atoms with Crippen molar-refractivity contribution in [2.75, 3.05) is 46.0 Å². The SMILES string of the molecule is C=C[C@@H]1[C@H](O[C@H]2O[C@H](CO)[C@@H](O)C(O)(O)[C@H]2O)OC=C(C(=O)OC2CCCCC2)[C@H]1C=CC1C[NH+](CCO)CC(C(=O)[O-])C1NC(N)=NCCCO. The van der Waals surface area contributed by atoms with Crippen LogP contribution in [-0.4, -0.2) is 148 Å². The Balaban J connectivity index is 1.69. The van der Waals surface area contributed by atoms with Crippen molar-refractivity contribution in [3.63, 3.8) is 0 Å². The molecular weight excluding hydrogens is 688 g/mol. The Labute approximate surface area is 301 Å². The van der Waals surface area contributed by atoms with E-state index in [-0.39, 0.29) is 50.5 Å². The van der Waals surface area contributed by atoms with Crippen molar-refractivity contribution in [3.8, 4) is 0 Å². The Bertz CT molecular complexity index is 1290. The zero-order valence-electron chi connectivity index (χ0n) is 29.1. The second kappa shape index (κ2) is 19.2. The van der Waals surface area contributed by atoms with E-state index < -0.39 is 84.9 Å². The highest BCUT2D eigenvalue weighted by molar-refractivity contribution is 5.89. The van der Waals surface area contributed by atoms with Crippen molar-refractivity contribution in [2.45, 2.75) is 87.3 Å². The molecule has 3 aliphatic heterocycles. The predicted octanol–water partition coefficient (Wildman–Crippen LogP) is -5.26. The number of aliphatic carboxylic acids is 1. The molecule has 0 radical (unpaired) electrons. The van der Waals surface area contributed by atoms with Crippen LogP contribution in [0.1, 0.15) is 38.5 Å². The van der Waals surface area contributed by atoms with Gasteiger partial charge in [0.15, 0.2) is 18.4 Å². The molecule has 3 fully saturated rings. The molecular formula is C34H54N4O14. The number of aliphatic imine (C=N–C) groups is 1. The summed E-state index contributed by atoms with van der Waals surface area (Å²) in [5, 5.41) is 85.5. The van der Waals surface area contributed by atoms with E-state index in [0.29, 0.717) is 25.8 Å². The van der Waals surface area contributed by atoms with E-state index in [2.05, 4.69) is 16.9 Å². The number of guanidine groups is 1. The van der Waals surface area contributed by atoms with Crippen LogP contribution in [-0.2, 0) is 28.5 Å². The predicted molar refractivity (Wildman–Crippen MR) is 178 cm³/mol. The van der Waals surface area contributed by atoms with Gasteiger partial charge in [-0.05, 0) is 32.1 Å². The van der Waals surface area contributed by atoms with Gasteiger partial charge in [-0.2, -0.15) is 0 Å². The number of carboxylic acids is 1. The molecule has 2 saturated heterocycles. The maximum absolute atomic E-state index is 13.7. The smallest absolute Gasteiger partial charge is 0.338 e. The number of esters is 1. The van der Waals surface area contributed by atoms with E-state index in [1.165, 1.54) is 6.08 Å². The molecule has 0 bridgehead atoms. The molecule has 294 valence electrons. The number of hydrogen-bond acceptors (Lipinski definition) is 15. The largest absolute Gasteiger partial charge is 0.550 e. The van der Waals surface area contributed by atoms with Crippen molar-refractivity contribution in [2.24, 2.45) is 34.4 Å². The summed E-state index contributed by atoms with van der Waals surface area (Å²) in [5.41, 5.74) is 6.20. The van der Waals surface area contributed by atoms with Crippen molar-refractivity contribution in [1.29, 1.82) is 0 Å². The molecule has 18 heteroatoms. The van der Waals surface area contributed by atoms with Crippen LogP contribution < -0.4 is 21.1 Å². The van der Waals surface area contributed by atoms with Crippen molar-refractivity contribution < 1.29 is 74.3 Å². The Kier molecular flexibility index (Phi) is 15.4. The van der Waals surface area contributed by atoms with Gasteiger partial charge in [-0.3, -0.25) is 4.99 Å². The Morgan fingerprint density at radius 1 is 1.10 bits per heavy atom. The quantitative estimate of drug-likeness (QED) is 0.0187. The second-order valence-corrected chi connectivity index (χ2v) is 13.7. The third-order valence-corrected chi connectivity index (χ3v) is 10.2. The van der Waals surface area contributed by atoms with Gasteiger partial charge >= 0.3 is 5.97 Å². The van der Waals surface area contributed by atoms with E-state index in [1.54, 1.807) is 12.2 Å². The maximum atomic E-state index is 13.7. The van der Waals surface area contributed by atoms with Gasteiger partial charge in [0.2, 0.25) is 12.1 Å². The number of carbonyl (C=O) groups excluding carboxylic acids is 2. The van der Waals surface area contributed by atoms with E-state index in [0.717, 1.165) is 30.4 Å². The lowest BCUT2D eigenvalue weighted by Crippen LogP contribution is -3.16. The Morgan fingerprint density at radius 2 is 1.83 bits per heavy atom. The minimum Gasteiger partial charge on any atom is -0.550 e. The summed E-state index contributed by atoms with van der Waals surface area (Å²) in [4.78, 5) is 31.1. The molecule has 52 heavy (non-hydrogen) atoms. The summed E-state index contributed by atoms with van der Waals surface area (Å²) in [5.74, 6) is -8.60. The number of hydrogen-bond donors (Lipinski definition) is 10. The van der Waals surface area contributed by atoms with Crippen LogP contribution in [0.2, 0.25) is 0 Å². The van der Waals surface area contributed by atoms with Crippen LogP contribution >= 0.6 is 0 Å². The highest BCUT2D eigenvalue weighted by Crippen LogP contribution is 2.38. The van der Waals surface area contributed by atoms with Gasteiger partial charge in [0.05, 0.1) is 62.0 Å². The van der Waals surface area contributed by atoms with Crippen molar-refractivity contribution in [1.82, 2.24) is 5.32 Å². The second-order valence-electron chi connectivity index (χ2n) is 13.7. The molecule has 0 spiro atoms. The number of quaternary nitrogens is 1. The zero-order valence-corrected chi connectivity index (χ0v) is 29.1. The molecule has 0 aromatic heterocycles. The van der Waals surface area contributed by atoms with Gasteiger partial charge in [-0.15, -0.1) is 6.58 Å². The number of nitrogens with one attached hydrogen (secondary N) is 2. The molecule has 4 unspecified atom stereocenters. The van der Waals surface area contributed by atoms with Crippen LogP contribution in [0.3, 0.4) is 0 Å². The number of carboxylic acid groups (broad SMARTS) is 1. The molecule has 0 amide bonds. The van der Waals surface area contributed by atoms with Gasteiger partial charge in [0.1, 0.15) is 24.9 Å².